The van der Waals surface area contributed by atoms with Gasteiger partial charge in [-0.1, -0.05) is 24.3 Å². The number of amides is 1. The lowest BCUT2D eigenvalue weighted by Crippen LogP contribution is -2.49. The van der Waals surface area contributed by atoms with E-state index in [1.54, 1.807) is 6.07 Å². The molecule has 0 spiro atoms. The van der Waals surface area contributed by atoms with Crippen molar-refractivity contribution >= 4 is 51.8 Å². The van der Waals surface area contributed by atoms with Crippen molar-refractivity contribution in [2.45, 2.75) is 80.3 Å². The summed E-state index contributed by atoms with van der Waals surface area (Å²) in [7, 11) is -3.33. The van der Waals surface area contributed by atoms with Gasteiger partial charge in [-0.05, 0) is 93.7 Å². The quantitative estimate of drug-likeness (QED) is 0.370. The van der Waals surface area contributed by atoms with Gasteiger partial charge in [-0.25, -0.2) is 18.2 Å². The molecule has 2 aromatic carbocycles. The van der Waals surface area contributed by atoms with E-state index in [2.05, 4.69) is 34.6 Å². The van der Waals surface area contributed by atoms with Crippen molar-refractivity contribution in [2.75, 3.05) is 25.9 Å². The second kappa shape index (κ2) is 12.1. The monoisotopic (exact) mass is 622 g/mol. The first-order valence-electron chi connectivity index (χ1n) is 14.1. The third-order valence-corrected chi connectivity index (χ3v) is 10.8. The molecule has 3 saturated heterocycles. The van der Waals surface area contributed by atoms with Crippen LogP contribution in [0.4, 0.5) is 4.79 Å². The van der Waals surface area contributed by atoms with Crippen LogP contribution in [0.2, 0.25) is 0 Å². The summed E-state index contributed by atoms with van der Waals surface area (Å²) in [6.07, 6.45) is 7.32. The molecule has 0 saturated carbocycles. The minimum absolute atomic E-state index is 0. The van der Waals surface area contributed by atoms with Crippen molar-refractivity contribution in [1.29, 1.82) is 0 Å². The highest BCUT2D eigenvalue weighted by Crippen LogP contribution is 2.45. The van der Waals surface area contributed by atoms with Crippen LogP contribution in [0.1, 0.15) is 62.4 Å². The number of hydrogen-bond donors (Lipinski definition) is 1. The highest BCUT2D eigenvalue weighted by Gasteiger charge is 2.44. The summed E-state index contributed by atoms with van der Waals surface area (Å²) < 4.78 is 27.1. The highest BCUT2D eigenvalue weighted by molar-refractivity contribution is 7.90. The lowest BCUT2D eigenvalue weighted by atomic mass is 9.70. The molecule has 8 nitrogen and oxygen atoms in total. The van der Waals surface area contributed by atoms with Crippen molar-refractivity contribution in [3.8, 4) is 0 Å². The zero-order valence-electron chi connectivity index (χ0n) is 23.6. The number of imidazole rings is 1. The molecule has 2 bridgehead atoms. The predicted molar refractivity (Wildman–Crippen MR) is 165 cm³/mol. The summed E-state index contributed by atoms with van der Waals surface area (Å²) >= 11 is 0. The molecule has 0 radical (unpaired) electrons. The van der Waals surface area contributed by atoms with Crippen LogP contribution >= 0.6 is 24.8 Å². The van der Waals surface area contributed by atoms with Gasteiger partial charge in [0.2, 0.25) is 0 Å². The number of hydrogen-bond acceptors (Lipinski definition) is 5. The smallest absolute Gasteiger partial charge is 0.407 e. The van der Waals surface area contributed by atoms with Crippen molar-refractivity contribution in [2.24, 2.45) is 0 Å². The van der Waals surface area contributed by atoms with E-state index in [0.717, 1.165) is 42.7 Å². The molecule has 1 aromatic heterocycles. The summed E-state index contributed by atoms with van der Waals surface area (Å²) in [4.78, 5) is 21.0. The third kappa shape index (κ3) is 5.96. The van der Waals surface area contributed by atoms with E-state index < -0.39 is 15.9 Å². The fraction of sp³-hybridized carbons (Fsp3) is 0.533. The maximum atomic E-state index is 12.3. The Bertz CT molecular complexity index is 1490. The van der Waals surface area contributed by atoms with E-state index in [-0.39, 0.29) is 30.2 Å². The van der Waals surface area contributed by atoms with E-state index in [9.17, 15) is 18.3 Å². The standard InChI is InChI=1S/C30H38N4O4S.2ClH/c1-21-31-27-8-3-4-9-28(27)34(21)25-19-23-10-11-24(20-25)33(23)17-14-30(12-15-32(16-13-30)29(35)36)22-6-5-7-26(18-22)39(2,37)38;;/h3-9,18,23-25H,10-17,19-20H2,1-2H3,(H,35,36);2*1H/t23-,24+,25?;;. The first-order chi connectivity index (χ1) is 18.6. The van der Waals surface area contributed by atoms with Gasteiger partial charge in [0.1, 0.15) is 5.82 Å². The Morgan fingerprint density at radius 2 is 1.66 bits per heavy atom. The average Bonchev–Trinajstić information content (AvgIpc) is 3.37. The number of aryl methyl sites for hydroxylation is 1. The molecule has 1 unspecified atom stereocenters. The van der Waals surface area contributed by atoms with Gasteiger partial charge in [0, 0.05) is 37.5 Å². The third-order valence-electron chi connectivity index (χ3n) is 9.71. The number of benzene rings is 2. The Labute approximate surface area is 254 Å². The minimum Gasteiger partial charge on any atom is -0.465 e. The van der Waals surface area contributed by atoms with Crippen molar-refractivity contribution in [1.82, 2.24) is 19.4 Å². The van der Waals surface area contributed by atoms with Gasteiger partial charge in [-0.3, -0.25) is 4.90 Å². The predicted octanol–water partition coefficient (Wildman–Crippen LogP) is 5.86. The van der Waals surface area contributed by atoms with Crippen LogP contribution in [0.3, 0.4) is 0 Å². The van der Waals surface area contributed by atoms with Crippen LogP contribution < -0.4 is 0 Å². The number of rotatable bonds is 6. The van der Waals surface area contributed by atoms with Crippen molar-refractivity contribution < 1.29 is 18.3 Å². The number of carbonyl (C=O) groups is 1. The van der Waals surface area contributed by atoms with Gasteiger partial charge in [0.15, 0.2) is 9.84 Å². The van der Waals surface area contributed by atoms with Crippen LogP contribution in [0, 0.1) is 6.92 Å². The molecular weight excluding hydrogens is 583 g/mol. The maximum absolute atomic E-state index is 12.3. The summed E-state index contributed by atoms with van der Waals surface area (Å²) in [5, 5.41) is 9.56. The van der Waals surface area contributed by atoms with E-state index in [0.29, 0.717) is 49.0 Å². The highest BCUT2D eigenvalue weighted by atomic mass is 35.5. The summed E-state index contributed by atoms with van der Waals surface area (Å²) in [6, 6.07) is 17.3. The van der Waals surface area contributed by atoms with Crippen molar-refractivity contribution in [3.05, 3.63) is 59.9 Å². The molecule has 41 heavy (non-hydrogen) atoms. The molecular formula is C30H40Cl2N4O4S. The molecule has 1 amide bonds. The van der Waals surface area contributed by atoms with E-state index in [4.69, 9.17) is 4.98 Å². The molecule has 6 rings (SSSR count). The summed E-state index contributed by atoms with van der Waals surface area (Å²) in [6.45, 7) is 4.01. The Balaban J connectivity index is 0.00000194. The second-order valence-corrected chi connectivity index (χ2v) is 13.9. The molecule has 1 N–H and O–H groups in total. The SMILES string of the molecule is Cc1nc2ccccc2n1C1C[C@H]2CC[C@@H](C1)N2CCC1(c2cccc(S(C)(=O)=O)c2)CCN(C(=O)O)CC1.Cl.Cl. The number of aromatic nitrogens is 2. The van der Waals surface area contributed by atoms with Gasteiger partial charge in [0.25, 0.3) is 0 Å². The van der Waals surface area contributed by atoms with Crippen molar-refractivity contribution in [3.63, 3.8) is 0 Å². The first kappa shape index (κ1) is 31.6. The number of piperidine rings is 2. The summed E-state index contributed by atoms with van der Waals surface area (Å²) in [5.74, 6) is 1.09. The van der Waals surface area contributed by atoms with Crippen LogP contribution in [0.15, 0.2) is 53.4 Å². The summed E-state index contributed by atoms with van der Waals surface area (Å²) in [5.41, 5.74) is 3.08. The lowest BCUT2D eigenvalue weighted by Gasteiger charge is -2.45. The van der Waals surface area contributed by atoms with Crippen LogP contribution in [0.5, 0.6) is 0 Å². The topological polar surface area (TPSA) is 95.7 Å². The number of fused-ring (bicyclic) bond motifs is 3. The number of para-hydroxylation sites is 2. The van der Waals surface area contributed by atoms with Gasteiger partial charge < -0.3 is 14.6 Å². The Morgan fingerprint density at radius 1 is 1.00 bits per heavy atom. The number of sulfone groups is 1. The van der Waals surface area contributed by atoms with E-state index >= 15 is 0 Å². The largest absolute Gasteiger partial charge is 0.465 e. The Kier molecular flexibility index (Phi) is 9.34. The Morgan fingerprint density at radius 3 is 2.29 bits per heavy atom. The molecule has 3 aromatic rings. The molecule has 3 aliphatic heterocycles. The second-order valence-electron chi connectivity index (χ2n) is 11.9. The normalized spacial score (nSPS) is 24.0. The molecule has 11 heteroatoms. The Hall–Kier alpha value is -2.33. The maximum Gasteiger partial charge on any atom is 0.407 e. The molecule has 3 atom stereocenters. The first-order valence-corrected chi connectivity index (χ1v) is 16.0. The van der Waals surface area contributed by atoms with Crippen LogP contribution in [0.25, 0.3) is 11.0 Å². The van der Waals surface area contributed by atoms with Gasteiger partial charge >= 0.3 is 6.09 Å². The lowest BCUT2D eigenvalue weighted by molar-refractivity contribution is 0.0799. The molecule has 3 aliphatic rings. The van der Waals surface area contributed by atoms with Crippen LogP contribution in [-0.4, -0.2) is 76.9 Å². The molecule has 4 heterocycles. The number of carboxylic acid groups (broad SMARTS) is 1. The number of likely N-dealkylation sites (tertiary alicyclic amines) is 1. The van der Waals surface area contributed by atoms with Gasteiger partial charge in [0.05, 0.1) is 15.9 Å². The molecule has 0 aliphatic carbocycles. The fourth-order valence-electron chi connectivity index (χ4n) is 7.66. The molecule has 224 valence electrons. The van der Waals surface area contributed by atoms with Gasteiger partial charge in [-0.15, -0.1) is 24.8 Å². The minimum atomic E-state index is -3.33. The van der Waals surface area contributed by atoms with E-state index in [1.165, 1.54) is 29.5 Å². The number of halogens is 2. The average molecular weight is 624 g/mol. The van der Waals surface area contributed by atoms with Gasteiger partial charge in [-0.2, -0.15) is 0 Å². The zero-order chi connectivity index (χ0) is 27.4. The van der Waals surface area contributed by atoms with E-state index in [1.807, 2.05) is 24.3 Å². The van der Waals surface area contributed by atoms with Crippen LogP contribution in [-0.2, 0) is 15.3 Å². The zero-order valence-corrected chi connectivity index (χ0v) is 26.1. The number of nitrogens with zero attached hydrogens (tertiary/aromatic N) is 4. The fourth-order valence-corrected chi connectivity index (χ4v) is 8.32. The molecule has 3 fully saturated rings.